The Morgan fingerprint density at radius 3 is 2.26 bits per heavy atom. The SMILES string of the molecule is CCOC(=O)N1CCN(C(=O)C(NC(=O)c2cc(OCC(=O)N3CCCC3C(=O)NC3CCC3)n(-c3ccccc3)n2)C2CCCCC2)CC1. The number of hydrogen-bond acceptors (Lipinski definition) is 8. The number of hydrogen-bond donors (Lipinski definition) is 2. The molecule has 5 amide bonds. The molecule has 50 heavy (non-hydrogen) atoms. The van der Waals surface area contributed by atoms with E-state index < -0.39 is 18.0 Å². The second-order valence-electron chi connectivity index (χ2n) is 13.6. The van der Waals surface area contributed by atoms with Crippen LogP contribution >= 0.6 is 0 Å². The molecule has 2 unspecified atom stereocenters. The van der Waals surface area contributed by atoms with Crippen molar-refractivity contribution in [2.75, 3.05) is 45.9 Å². The van der Waals surface area contributed by atoms with Crippen LogP contribution < -0.4 is 15.4 Å². The number of rotatable bonds is 11. The Labute approximate surface area is 292 Å². The Balaban J connectivity index is 1.15. The number of carbonyl (C=O) groups is 5. The Bertz CT molecular complexity index is 1510. The molecule has 14 nitrogen and oxygen atoms in total. The first-order valence-electron chi connectivity index (χ1n) is 18.2. The molecule has 14 heteroatoms. The average Bonchev–Trinajstić information content (AvgIpc) is 3.80. The van der Waals surface area contributed by atoms with Crippen molar-refractivity contribution in [3.63, 3.8) is 0 Å². The van der Waals surface area contributed by atoms with E-state index >= 15 is 0 Å². The molecule has 6 rings (SSSR count). The molecule has 4 fully saturated rings. The van der Waals surface area contributed by atoms with Crippen LogP contribution in [0.25, 0.3) is 5.69 Å². The number of benzene rings is 1. The van der Waals surface area contributed by atoms with Crippen molar-refractivity contribution in [3.05, 3.63) is 42.1 Å². The van der Waals surface area contributed by atoms with Gasteiger partial charge in [-0.15, -0.1) is 0 Å². The van der Waals surface area contributed by atoms with Gasteiger partial charge < -0.3 is 34.8 Å². The summed E-state index contributed by atoms with van der Waals surface area (Å²) in [6.45, 7) is 3.62. The number of para-hydroxylation sites is 1. The molecule has 270 valence electrons. The molecular weight excluding hydrogens is 642 g/mol. The van der Waals surface area contributed by atoms with Gasteiger partial charge in [0.2, 0.25) is 17.7 Å². The molecule has 1 aromatic heterocycles. The van der Waals surface area contributed by atoms with Gasteiger partial charge in [0.05, 0.1) is 12.3 Å². The lowest BCUT2D eigenvalue weighted by Gasteiger charge is -2.38. The zero-order valence-electron chi connectivity index (χ0n) is 28.9. The molecule has 2 saturated heterocycles. The van der Waals surface area contributed by atoms with Gasteiger partial charge in [-0.3, -0.25) is 19.2 Å². The summed E-state index contributed by atoms with van der Waals surface area (Å²) in [6, 6.07) is 9.57. The highest BCUT2D eigenvalue weighted by molar-refractivity contribution is 5.96. The highest BCUT2D eigenvalue weighted by atomic mass is 16.6. The van der Waals surface area contributed by atoms with Crippen LogP contribution in [-0.4, -0.2) is 118 Å². The van der Waals surface area contributed by atoms with Crippen molar-refractivity contribution >= 4 is 29.7 Å². The summed E-state index contributed by atoms with van der Waals surface area (Å²) in [5, 5.41) is 10.6. The summed E-state index contributed by atoms with van der Waals surface area (Å²) in [5.74, 6) is -0.939. The van der Waals surface area contributed by atoms with Crippen LogP contribution in [0.3, 0.4) is 0 Å². The largest absolute Gasteiger partial charge is 0.467 e. The quantitative estimate of drug-likeness (QED) is 0.365. The summed E-state index contributed by atoms with van der Waals surface area (Å²) >= 11 is 0. The van der Waals surface area contributed by atoms with Crippen molar-refractivity contribution in [1.82, 2.24) is 35.1 Å². The maximum Gasteiger partial charge on any atom is 0.409 e. The van der Waals surface area contributed by atoms with Crippen LogP contribution in [0.1, 0.15) is 81.6 Å². The minimum absolute atomic E-state index is 0.0252. The fourth-order valence-corrected chi connectivity index (χ4v) is 7.32. The number of amides is 5. The minimum Gasteiger partial charge on any atom is -0.467 e. The molecule has 0 radical (unpaired) electrons. The molecule has 2 atom stereocenters. The van der Waals surface area contributed by atoms with E-state index in [1.54, 1.807) is 21.6 Å². The third-order valence-electron chi connectivity index (χ3n) is 10.4. The van der Waals surface area contributed by atoms with Crippen LogP contribution in [0.15, 0.2) is 36.4 Å². The van der Waals surface area contributed by atoms with E-state index in [4.69, 9.17) is 9.47 Å². The maximum absolute atomic E-state index is 14.0. The van der Waals surface area contributed by atoms with Crippen molar-refractivity contribution in [2.45, 2.75) is 89.3 Å². The van der Waals surface area contributed by atoms with E-state index in [0.29, 0.717) is 44.8 Å². The van der Waals surface area contributed by atoms with Crippen LogP contribution in [-0.2, 0) is 19.1 Å². The second-order valence-corrected chi connectivity index (χ2v) is 13.6. The number of nitrogens with zero attached hydrogens (tertiary/aromatic N) is 5. The molecule has 4 aliphatic rings. The van der Waals surface area contributed by atoms with Crippen molar-refractivity contribution < 1.29 is 33.4 Å². The highest BCUT2D eigenvalue weighted by Gasteiger charge is 2.38. The molecule has 0 bridgehead atoms. The van der Waals surface area contributed by atoms with Crippen molar-refractivity contribution in [3.8, 4) is 11.6 Å². The van der Waals surface area contributed by atoms with Gasteiger partial charge in [0.1, 0.15) is 12.1 Å². The lowest BCUT2D eigenvalue weighted by atomic mass is 9.83. The van der Waals surface area contributed by atoms with Crippen molar-refractivity contribution in [1.29, 1.82) is 0 Å². The normalized spacial score (nSPS) is 20.5. The van der Waals surface area contributed by atoms with E-state index in [0.717, 1.165) is 57.8 Å². The van der Waals surface area contributed by atoms with Crippen LogP contribution in [0.2, 0.25) is 0 Å². The molecule has 2 aliphatic carbocycles. The third-order valence-corrected chi connectivity index (χ3v) is 10.4. The zero-order valence-corrected chi connectivity index (χ0v) is 28.9. The number of aromatic nitrogens is 2. The van der Waals surface area contributed by atoms with Gasteiger partial charge in [-0.1, -0.05) is 37.5 Å². The lowest BCUT2D eigenvalue weighted by Crippen LogP contribution is -2.58. The van der Waals surface area contributed by atoms with Crippen LogP contribution in [0, 0.1) is 5.92 Å². The molecule has 2 aliphatic heterocycles. The standard InChI is InChI=1S/C36H49N7O7/c1-2-49-36(48)41-21-19-40(20-22-41)35(47)32(25-11-5-3-6-12-25)38-33(45)28-23-31(43(39-28)27-15-7-4-8-16-27)50-24-30(44)42-18-10-17-29(42)34(46)37-26-13-9-14-26/h4,7-8,15-16,23,25-26,29,32H,2-3,5-6,9-14,17-22,24H2,1H3,(H,37,46)(H,38,45). The summed E-state index contributed by atoms with van der Waals surface area (Å²) in [5.41, 5.74) is 0.684. The number of likely N-dealkylation sites (tertiary alicyclic amines) is 1. The summed E-state index contributed by atoms with van der Waals surface area (Å²) in [7, 11) is 0. The lowest BCUT2D eigenvalue weighted by molar-refractivity contribution is -0.140. The fourth-order valence-electron chi connectivity index (χ4n) is 7.32. The molecule has 0 spiro atoms. The van der Waals surface area contributed by atoms with Gasteiger partial charge in [0.15, 0.2) is 12.3 Å². The minimum atomic E-state index is -0.747. The molecule has 2 N–H and O–H groups in total. The fraction of sp³-hybridized carbons (Fsp3) is 0.611. The predicted molar refractivity (Wildman–Crippen MR) is 183 cm³/mol. The van der Waals surface area contributed by atoms with Gasteiger partial charge in [-0.05, 0) is 69.9 Å². The highest BCUT2D eigenvalue weighted by Crippen LogP contribution is 2.29. The Morgan fingerprint density at radius 2 is 1.58 bits per heavy atom. The van der Waals surface area contributed by atoms with E-state index in [9.17, 15) is 24.0 Å². The number of ether oxygens (including phenoxy) is 2. The Morgan fingerprint density at radius 1 is 0.860 bits per heavy atom. The molecule has 2 saturated carbocycles. The Kier molecular flexibility index (Phi) is 11.5. The average molecular weight is 692 g/mol. The monoisotopic (exact) mass is 691 g/mol. The Hall–Kier alpha value is -4.62. The molecular formula is C36H49N7O7. The van der Waals surface area contributed by atoms with E-state index in [2.05, 4.69) is 15.7 Å². The second kappa shape index (κ2) is 16.4. The third kappa shape index (κ3) is 8.22. The van der Waals surface area contributed by atoms with Crippen LogP contribution in [0.5, 0.6) is 5.88 Å². The first-order valence-corrected chi connectivity index (χ1v) is 18.2. The van der Waals surface area contributed by atoms with Crippen LogP contribution in [0.4, 0.5) is 4.79 Å². The smallest absolute Gasteiger partial charge is 0.409 e. The molecule has 1 aromatic carbocycles. The van der Waals surface area contributed by atoms with E-state index in [-0.39, 0.29) is 60.6 Å². The molecule has 2 aromatic rings. The first-order chi connectivity index (χ1) is 24.3. The number of piperazine rings is 1. The van der Waals surface area contributed by atoms with E-state index in [1.165, 1.54) is 10.7 Å². The van der Waals surface area contributed by atoms with Gasteiger partial charge in [0, 0.05) is 44.8 Å². The zero-order chi connectivity index (χ0) is 35.0. The summed E-state index contributed by atoms with van der Waals surface area (Å²) in [4.78, 5) is 71.2. The first kappa shape index (κ1) is 35.2. The van der Waals surface area contributed by atoms with Gasteiger partial charge in [-0.25, -0.2) is 9.48 Å². The molecule has 3 heterocycles. The van der Waals surface area contributed by atoms with Gasteiger partial charge >= 0.3 is 6.09 Å². The number of nitrogens with one attached hydrogen (secondary N) is 2. The predicted octanol–water partition coefficient (Wildman–Crippen LogP) is 2.89. The van der Waals surface area contributed by atoms with Crippen molar-refractivity contribution in [2.24, 2.45) is 5.92 Å². The topological polar surface area (TPSA) is 155 Å². The van der Waals surface area contributed by atoms with Gasteiger partial charge in [0.25, 0.3) is 11.8 Å². The van der Waals surface area contributed by atoms with Gasteiger partial charge in [-0.2, -0.15) is 5.10 Å². The summed E-state index contributed by atoms with van der Waals surface area (Å²) in [6.07, 6.45) is 8.71. The maximum atomic E-state index is 14.0. The number of carbonyl (C=O) groups excluding carboxylic acids is 5. The van der Waals surface area contributed by atoms with E-state index in [1.807, 2.05) is 30.3 Å². The summed E-state index contributed by atoms with van der Waals surface area (Å²) < 4.78 is 12.6.